The molecule has 26 heavy (non-hydrogen) atoms. The molecule has 0 bridgehead atoms. The Hall–Kier alpha value is -3.02. The third-order valence-corrected chi connectivity index (χ3v) is 4.42. The summed E-state index contributed by atoms with van der Waals surface area (Å²) < 4.78 is 10.7. The number of rotatable bonds is 6. The van der Waals surface area contributed by atoms with Gasteiger partial charge in [-0.05, 0) is 30.7 Å². The Morgan fingerprint density at radius 3 is 2.65 bits per heavy atom. The predicted molar refractivity (Wildman–Crippen MR) is 98.7 cm³/mol. The first-order chi connectivity index (χ1) is 12.6. The van der Waals surface area contributed by atoms with Gasteiger partial charge in [-0.15, -0.1) is 0 Å². The number of hydrogen-bond acceptors (Lipinski definition) is 4. The van der Waals surface area contributed by atoms with Crippen molar-refractivity contribution in [1.29, 1.82) is 0 Å². The molecular formula is C20H22N2O4. The van der Waals surface area contributed by atoms with Crippen LogP contribution in [0, 0.1) is 0 Å². The van der Waals surface area contributed by atoms with Crippen LogP contribution < -0.4 is 19.7 Å². The highest BCUT2D eigenvalue weighted by molar-refractivity contribution is 5.99. The largest absolute Gasteiger partial charge is 0.493 e. The summed E-state index contributed by atoms with van der Waals surface area (Å²) in [6.07, 6.45) is 1.41. The highest BCUT2D eigenvalue weighted by atomic mass is 16.5. The van der Waals surface area contributed by atoms with E-state index in [0.29, 0.717) is 36.6 Å². The molecule has 0 spiro atoms. The molecule has 0 saturated carbocycles. The van der Waals surface area contributed by atoms with Gasteiger partial charge in [0.1, 0.15) is 0 Å². The molecule has 0 aromatic heterocycles. The van der Waals surface area contributed by atoms with Crippen LogP contribution in [0.1, 0.15) is 28.8 Å². The van der Waals surface area contributed by atoms with Crippen LogP contribution in [-0.2, 0) is 11.3 Å². The van der Waals surface area contributed by atoms with E-state index in [1.807, 2.05) is 18.2 Å². The molecule has 2 amide bonds. The van der Waals surface area contributed by atoms with Gasteiger partial charge in [0.05, 0.1) is 14.2 Å². The van der Waals surface area contributed by atoms with Gasteiger partial charge in [-0.1, -0.05) is 18.2 Å². The number of anilines is 1. The van der Waals surface area contributed by atoms with Crippen LogP contribution in [0.15, 0.2) is 42.5 Å². The quantitative estimate of drug-likeness (QED) is 0.866. The van der Waals surface area contributed by atoms with Crippen LogP contribution in [-0.4, -0.2) is 32.6 Å². The standard InChI is InChI=1S/C20H22N2O4/c1-25-17-9-4-7-15(19(17)26-2)13-21-20(24)14-6-3-8-16(12-14)22-11-5-10-18(22)23/h3-4,6-9,12H,5,10-11,13H2,1-2H3,(H,21,24). The van der Waals surface area contributed by atoms with Crippen molar-refractivity contribution in [3.8, 4) is 11.5 Å². The fourth-order valence-electron chi connectivity index (χ4n) is 3.11. The maximum Gasteiger partial charge on any atom is 0.251 e. The summed E-state index contributed by atoms with van der Waals surface area (Å²) in [4.78, 5) is 26.2. The Balaban J connectivity index is 1.72. The molecule has 1 aliphatic heterocycles. The Kier molecular flexibility index (Phi) is 5.41. The molecule has 0 unspecified atom stereocenters. The molecule has 6 nitrogen and oxygen atoms in total. The van der Waals surface area contributed by atoms with Gasteiger partial charge in [-0.25, -0.2) is 0 Å². The molecule has 1 N–H and O–H groups in total. The van der Waals surface area contributed by atoms with Crippen LogP contribution in [0.3, 0.4) is 0 Å². The second kappa shape index (κ2) is 7.91. The SMILES string of the molecule is COc1cccc(CNC(=O)c2cccc(N3CCCC3=O)c2)c1OC. The van der Waals surface area contributed by atoms with Gasteiger partial charge in [0.2, 0.25) is 5.91 Å². The zero-order chi connectivity index (χ0) is 18.5. The highest BCUT2D eigenvalue weighted by Crippen LogP contribution is 2.30. The number of hydrogen-bond donors (Lipinski definition) is 1. The van der Waals surface area contributed by atoms with Crippen molar-refractivity contribution in [2.75, 3.05) is 25.7 Å². The maximum atomic E-state index is 12.5. The first-order valence-electron chi connectivity index (χ1n) is 8.52. The zero-order valence-corrected chi connectivity index (χ0v) is 15.0. The lowest BCUT2D eigenvalue weighted by molar-refractivity contribution is -0.117. The summed E-state index contributed by atoms with van der Waals surface area (Å²) in [6, 6.07) is 12.7. The Labute approximate surface area is 152 Å². The van der Waals surface area contributed by atoms with Crippen molar-refractivity contribution in [2.45, 2.75) is 19.4 Å². The minimum Gasteiger partial charge on any atom is -0.493 e. The maximum absolute atomic E-state index is 12.5. The van der Waals surface area contributed by atoms with Crippen molar-refractivity contribution in [2.24, 2.45) is 0 Å². The summed E-state index contributed by atoms with van der Waals surface area (Å²) in [5, 5.41) is 2.89. The molecule has 3 rings (SSSR count). The molecule has 1 aliphatic rings. The molecule has 1 fully saturated rings. The minimum absolute atomic E-state index is 0.101. The monoisotopic (exact) mass is 354 g/mol. The van der Waals surface area contributed by atoms with E-state index >= 15 is 0 Å². The van der Waals surface area contributed by atoms with Crippen molar-refractivity contribution in [3.63, 3.8) is 0 Å². The van der Waals surface area contributed by atoms with E-state index in [2.05, 4.69) is 5.32 Å². The molecule has 2 aromatic carbocycles. The smallest absolute Gasteiger partial charge is 0.251 e. The van der Waals surface area contributed by atoms with Crippen LogP contribution >= 0.6 is 0 Å². The molecular weight excluding hydrogens is 332 g/mol. The highest BCUT2D eigenvalue weighted by Gasteiger charge is 2.22. The Morgan fingerprint density at radius 1 is 1.15 bits per heavy atom. The normalized spacial score (nSPS) is 13.6. The van der Waals surface area contributed by atoms with Gasteiger partial charge < -0.3 is 19.7 Å². The average molecular weight is 354 g/mol. The molecule has 1 heterocycles. The number of para-hydroxylation sites is 1. The lowest BCUT2D eigenvalue weighted by Crippen LogP contribution is -2.26. The lowest BCUT2D eigenvalue weighted by Gasteiger charge is -2.17. The predicted octanol–water partition coefficient (Wildman–Crippen LogP) is 2.76. The van der Waals surface area contributed by atoms with E-state index in [0.717, 1.165) is 17.7 Å². The van der Waals surface area contributed by atoms with Gasteiger partial charge in [0, 0.05) is 36.3 Å². The Bertz CT molecular complexity index is 819. The first kappa shape index (κ1) is 17.8. The summed E-state index contributed by atoms with van der Waals surface area (Å²) in [5.41, 5.74) is 2.11. The number of carbonyl (C=O) groups excluding carboxylic acids is 2. The van der Waals surface area contributed by atoms with Crippen LogP contribution in [0.2, 0.25) is 0 Å². The fraction of sp³-hybridized carbons (Fsp3) is 0.300. The number of methoxy groups -OCH3 is 2. The molecule has 0 atom stereocenters. The van der Waals surface area contributed by atoms with Crippen LogP contribution in [0.25, 0.3) is 0 Å². The van der Waals surface area contributed by atoms with E-state index in [1.54, 1.807) is 43.4 Å². The summed E-state index contributed by atoms with van der Waals surface area (Å²) in [7, 11) is 3.14. The fourth-order valence-corrected chi connectivity index (χ4v) is 3.11. The third kappa shape index (κ3) is 3.64. The topological polar surface area (TPSA) is 67.9 Å². The van der Waals surface area contributed by atoms with E-state index in [4.69, 9.17) is 9.47 Å². The van der Waals surface area contributed by atoms with Crippen molar-refractivity contribution in [3.05, 3.63) is 53.6 Å². The average Bonchev–Trinajstić information content (AvgIpc) is 3.11. The number of nitrogens with zero attached hydrogens (tertiary/aromatic N) is 1. The number of benzene rings is 2. The van der Waals surface area contributed by atoms with Crippen molar-refractivity contribution >= 4 is 17.5 Å². The number of nitrogens with one attached hydrogen (secondary N) is 1. The molecule has 2 aromatic rings. The van der Waals surface area contributed by atoms with Gasteiger partial charge in [0.25, 0.3) is 5.91 Å². The van der Waals surface area contributed by atoms with Crippen molar-refractivity contribution in [1.82, 2.24) is 5.32 Å². The molecule has 1 saturated heterocycles. The lowest BCUT2D eigenvalue weighted by atomic mass is 10.1. The van der Waals surface area contributed by atoms with Gasteiger partial charge in [-0.3, -0.25) is 9.59 Å². The number of amides is 2. The van der Waals surface area contributed by atoms with Crippen LogP contribution in [0.4, 0.5) is 5.69 Å². The zero-order valence-electron chi connectivity index (χ0n) is 15.0. The summed E-state index contributed by atoms with van der Waals surface area (Å²) in [5.74, 6) is 1.12. The van der Waals surface area contributed by atoms with Crippen LogP contribution in [0.5, 0.6) is 11.5 Å². The Morgan fingerprint density at radius 2 is 1.96 bits per heavy atom. The van der Waals surface area contributed by atoms with Gasteiger partial charge in [0.15, 0.2) is 11.5 Å². The van der Waals surface area contributed by atoms with E-state index < -0.39 is 0 Å². The second-order valence-corrected chi connectivity index (χ2v) is 6.03. The molecule has 0 radical (unpaired) electrons. The van der Waals surface area contributed by atoms with E-state index in [9.17, 15) is 9.59 Å². The minimum atomic E-state index is -0.205. The van der Waals surface area contributed by atoms with Crippen molar-refractivity contribution < 1.29 is 19.1 Å². The molecule has 0 aliphatic carbocycles. The van der Waals surface area contributed by atoms with Gasteiger partial charge in [-0.2, -0.15) is 0 Å². The van der Waals surface area contributed by atoms with Gasteiger partial charge >= 0.3 is 0 Å². The van der Waals surface area contributed by atoms with E-state index in [1.165, 1.54) is 0 Å². The number of carbonyl (C=O) groups is 2. The molecule has 6 heteroatoms. The summed E-state index contributed by atoms with van der Waals surface area (Å²) >= 11 is 0. The second-order valence-electron chi connectivity index (χ2n) is 6.03. The summed E-state index contributed by atoms with van der Waals surface area (Å²) in [6.45, 7) is 1.01. The third-order valence-electron chi connectivity index (χ3n) is 4.42. The molecule has 136 valence electrons. The van der Waals surface area contributed by atoms with E-state index in [-0.39, 0.29) is 11.8 Å². The first-order valence-corrected chi connectivity index (χ1v) is 8.52. The number of ether oxygens (including phenoxy) is 2.